The summed E-state index contributed by atoms with van der Waals surface area (Å²) in [5.41, 5.74) is 5.09. The molecule has 0 aliphatic rings. The number of H-pyrrole nitrogens is 1. The minimum Gasteiger partial charge on any atom is -0.490 e. The lowest BCUT2D eigenvalue weighted by Crippen LogP contribution is -2.01. The summed E-state index contributed by atoms with van der Waals surface area (Å²) in [6, 6.07) is 17.7. The number of aromatic amines is 1. The van der Waals surface area contributed by atoms with Gasteiger partial charge in [0.1, 0.15) is 12.4 Å². The molecule has 0 aliphatic carbocycles. The topological polar surface area (TPSA) is 47.1 Å². The number of hydrogen-bond donors (Lipinski definition) is 1. The highest BCUT2D eigenvalue weighted by Gasteiger charge is 2.15. The van der Waals surface area contributed by atoms with Gasteiger partial charge in [-0.3, -0.25) is 0 Å². The van der Waals surface area contributed by atoms with Crippen molar-refractivity contribution in [2.24, 2.45) is 0 Å². The molecule has 0 bridgehead atoms. The van der Waals surface area contributed by atoms with Gasteiger partial charge in [-0.25, -0.2) is 4.98 Å². The number of imidazole rings is 1. The predicted molar refractivity (Wildman–Crippen MR) is 121 cm³/mol. The molecular formula is C23H20BrClN2O2. The predicted octanol–water partition coefficient (Wildman–Crippen LogP) is 6.93. The largest absolute Gasteiger partial charge is 0.490 e. The Labute approximate surface area is 183 Å². The Morgan fingerprint density at radius 2 is 1.83 bits per heavy atom. The first kappa shape index (κ1) is 19.8. The highest BCUT2D eigenvalue weighted by atomic mass is 79.9. The summed E-state index contributed by atoms with van der Waals surface area (Å²) in [4.78, 5) is 8.10. The van der Waals surface area contributed by atoms with Crippen molar-refractivity contribution < 1.29 is 9.47 Å². The van der Waals surface area contributed by atoms with Gasteiger partial charge < -0.3 is 14.5 Å². The first-order chi connectivity index (χ1) is 14.0. The van der Waals surface area contributed by atoms with Crippen molar-refractivity contribution in [3.63, 3.8) is 0 Å². The van der Waals surface area contributed by atoms with E-state index in [9.17, 15) is 0 Å². The quantitative estimate of drug-likeness (QED) is 0.331. The molecule has 3 aromatic carbocycles. The number of rotatable bonds is 6. The van der Waals surface area contributed by atoms with Crippen molar-refractivity contribution in [3.05, 3.63) is 75.2 Å². The second-order valence-corrected chi connectivity index (χ2v) is 8.03. The van der Waals surface area contributed by atoms with E-state index in [1.54, 1.807) is 0 Å². The van der Waals surface area contributed by atoms with E-state index in [1.807, 2.05) is 49.4 Å². The van der Waals surface area contributed by atoms with Crippen LogP contribution in [0.5, 0.6) is 11.5 Å². The van der Waals surface area contributed by atoms with Gasteiger partial charge in [-0.05, 0) is 77.3 Å². The normalized spacial score (nSPS) is 11.0. The first-order valence-electron chi connectivity index (χ1n) is 9.34. The van der Waals surface area contributed by atoms with Crippen LogP contribution in [0.4, 0.5) is 0 Å². The van der Waals surface area contributed by atoms with Crippen LogP contribution in [0, 0.1) is 6.92 Å². The number of nitrogens with one attached hydrogen (secondary N) is 1. The standard InChI is InChI=1S/C23H20BrClN2O2/c1-3-28-21-12-16(23-26-19-9-4-14(2)10-20(19)27-23)11-18(24)22(21)29-13-15-5-7-17(25)8-6-15/h4-12H,3,13H2,1-2H3,(H,26,27). The number of nitrogens with zero attached hydrogens (tertiary/aromatic N) is 1. The van der Waals surface area contributed by atoms with Crippen LogP contribution in [0.15, 0.2) is 59.1 Å². The maximum atomic E-state index is 6.07. The molecule has 0 aliphatic heterocycles. The van der Waals surface area contributed by atoms with E-state index in [0.717, 1.165) is 32.5 Å². The van der Waals surface area contributed by atoms with Crippen LogP contribution < -0.4 is 9.47 Å². The summed E-state index contributed by atoms with van der Waals surface area (Å²) in [5.74, 6) is 2.12. The Hall–Kier alpha value is -2.50. The molecule has 29 heavy (non-hydrogen) atoms. The Morgan fingerprint density at radius 1 is 1.03 bits per heavy atom. The molecule has 4 rings (SSSR count). The summed E-state index contributed by atoms with van der Waals surface area (Å²) in [5, 5.41) is 0.704. The van der Waals surface area contributed by atoms with Gasteiger partial charge in [-0.2, -0.15) is 0 Å². The molecule has 6 heteroatoms. The van der Waals surface area contributed by atoms with E-state index in [1.165, 1.54) is 5.56 Å². The van der Waals surface area contributed by atoms with Gasteiger partial charge in [-0.15, -0.1) is 0 Å². The van der Waals surface area contributed by atoms with Crippen LogP contribution in [0.3, 0.4) is 0 Å². The molecule has 1 N–H and O–H groups in total. The second-order valence-electron chi connectivity index (χ2n) is 6.74. The van der Waals surface area contributed by atoms with Crippen LogP contribution in [0.2, 0.25) is 5.02 Å². The fraction of sp³-hybridized carbons (Fsp3) is 0.174. The maximum absolute atomic E-state index is 6.07. The van der Waals surface area contributed by atoms with Crippen LogP contribution in [0.25, 0.3) is 22.4 Å². The monoisotopic (exact) mass is 470 g/mol. The van der Waals surface area contributed by atoms with Crippen molar-refractivity contribution in [2.75, 3.05) is 6.61 Å². The van der Waals surface area contributed by atoms with Gasteiger partial charge in [-0.1, -0.05) is 29.8 Å². The number of hydrogen-bond acceptors (Lipinski definition) is 3. The molecule has 0 radical (unpaired) electrons. The number of aryl methyl sites for hydroxylation is 1. The summed E-state index contributed by atoms with van der Waals surface area (Å²) < 4.78 is 12.7. The van der Waals surface area contributed by atoms with Gasteiger partial charge >= 0.3 is 0 Å². The first-order valence-corrected chi connectivity index (χ1v) is 10.5. The smallest absolute Gasteiger partial charge is 0.175 e. The maximum Gasteiger partial charge on any atom is 0.175 e. The summed E-state index contributed by atoms with van der Waals surface area (Å²) in [6.45, 7) is 4.97. The minimum atomic E-state index is 0.416. The van der Waals surface area contributed by atoms with Crippen molar-refractivity contribution in [2.45, 2.75) is 20.5 Å². The van der Waals surface area contributed by atoms with Crippen LogP contribution in [-0.4, -0.2) is 16.6 Å². The highest BCUT2D eigenvalue weighted by molar-refractivity contribution is 9.10. The molecule has 148 valence electrons. The minimum absolute atomic E-state index is 0.416. The van der Waals surface area contributed by atoms with Gasteiger partial charge in [0.25, 0.3) is 0 Å². The Balaban J connectivity index is 1.66. The van der Waals surface area contributed by atoms with Gasteiger partial charge in [0.15, 0.2) is 11.5 Å². The van der Waals surface area contributed by atoms with E-state index in [4.69, 9.17) is 26.1 Å². The summed E-state index contributed by atoms with van der Waals surface area (Å²) in [6.07, 6.45) is 0. The van der Waals surface area contributed by atoms with Crippen molar-refractivity contribution in [1.82, 2.24) is 9.97 Å². The SMILES string of the molecule is CCOc1cc(-c2nc3ccc(C)cc3[nH]2)cc(Br)c1OCc1ccc(Cl)cc1. The van der Waals surface area contributed by atoms with Crippen molar-refractivity contribution in [1.29, 1.82) is 0 Å². The summed E-state index contributed by atoms with van der Waals surface area (Å²) in [7, 11) is 0. The van der Waals surface area contributed by atoms with E-state index in [0.29, 0.717) is 29.7 Å². The average molecular weight is 472 g/mol. The third-order valence-corrected chi connectivity index (χ3v) is 5.36. The Kier molecular flexibility index (Phi) is 5.79. The fourth-order valence-electron chi connectivity index (χ4n) is 3.10. The van der Waals surface area contributed by atoms with E-state index in [-0.39, 0.29) is 0 Å². The van der Waals surface area contributed by atoms with Gasteiger partial charge in [0, 0.05) is 10.6 Å². The zero-order valence-electron chi connectivity index (χ0n) is 16.1. The second kappa shape index (κ2) is 8.47. The molecule has 0 fully saturated rings. The fourth-order valence-corrected chi connectivity index (χ4v) is 3.79. The number of halogens is 2. The molecule has 0 atom stereocenters. The third-order valence-electron chi connectivity index (χ3n) is 4.52. The summed E-state index contributed by atoms with van der Waals surface area (Å²) >= 11 is 9.59. The van der Waals surface area contributed by atoms with Crippen LogP contribution in [-0.2, 0) is 6.61 Å². The lowest BCUT2D eigenvalue weighted by atomic mass is 10.2. The molecule has 0 amide bonds. The van der Waals surface area contributed by atoms with Gasteiger partial charge in [0.05, 0.1) is 22.1 Å². The molecule has 1 heterocycles. The Bertz CT molecular complexity index is 1160. The molecule has 0 saturated carbocycles. The Morgan fingerprint density at radius 3 is 2.59 bits per heavy atom. The van der Waals surface area contributed by atoms with Crippen molar-refractivity contribution >= 4 is 38.6 Å². The zero-order chi connectivity index (χ0) is 20.4. The lowest BCUT2D eigenvalue weighted by molar-refractivity contribution is 0.268. The number of fused-ring (bicyclic) bond motifs is 1. The average Bonchev–Trinajstić information content (AvgIpc) is 3.12. The van der Waals surface area contributed by atoms with E-state index >= 15 is 0 Å². The van der Waals surface area contributed by atoms with Gasteiger partial charge in [0.2, 0.25) is 0 Å². The highest BCUT2D eigenvalue weighted by Crippen LogP contribution is 2.40. The molecule has 0 saturated heterocycles. The number of benzene rings is 3. The van der Waals surface area contributed by atoms with Crippen molar-refractivity contribution in [3.8, 4) is 22.9 Å². The molecule has 1 aromatic heterocycles. The van der Waals surface area contributed by atoms with E-state index in [2.05, 4.69) is 40.0 Å². The number of aromatic nitrogens is 2. The molecule has 4 nitrogen and oxygen atoms in total. The molecule has 0 spiro atoms. The van der Waals surface area contributed by atoms with Crippen LogP contribution >= 0.6 is 27.5 Å². The third kappa shape index (κ3) is 4.41. The number of ether oxygens (including phenoxy) is 2. The van der Waals surface area contributed by atoms with Crippen LogP contribution in [0.1, 0.15) is 18.1 Å². The van der Waals surface area contributed by atoms with E-state index < -0.39 is 0 Å². The molecule has 0 unspecified atom stereocenters. The lowest BCUT2D eigenvalue weighted by Gasteiger charge is -2.15. The molecular weight excluding hydrogens is 452 g/mol. The zero-order valence-corrected chi connectivity index (χ0v) is 18.5. The molecule has 4 aromatic rings.